The number of nitrogens with zero attached hydrogens (tertiary/aromatic N) is 2. The third-order valence-electron chi connectivity index (χ3n) is 2.86. The fourth-order valence-corrected chi connectivity index (χ4v) is 1.59. The van der Waals surface area contributed by atoms with Gasteiger partial charge in [0.15, 0.2) is 11.6 Å². The van der Waals surface area contributed by atoms with Gasteiger partial charge in [-0.15, -0.1) is 0 Å². The minimum absolute atomic E-state index is 0.0856. The number of nitrogens with two attached hydrogens (primary N) is 1. The van der Waals surface area contributed by atoms with Gasteiger partial charge in [0.25, 0.3) is 0 Å². The molecule has 7 heteroatoms. The number of methoxy groups -OCH3 is 2. The summed E-state index contributed by atoms with van der Waals surface area (Å²) in [5.41, 5.74) is 2.57. The lowest BCUT2D eigenvalue weighted by Gasteiger charge is -2.25. The number of hydrogen-bond donors (Lipinski definition) is 3. The van der Waals surface area contributed by atoms with Crippen molar-refractivity contribution in [1.82, 2.24) is 9.97 Å². The van der Waals surface area contributed by atoms with Gasteiger partial charge in [0.2, 0.25) is 5.75 Å². The summed E-state index contributed by atoms with van der Waals surface area (Å²) in [7, 11) is 3.26. The highest BCUT2D eigenvalue weighted by molar-refractivity contribution is 5.63. The zero-order valence-electron chi connectivity index (χ0n) is 12.0. The van der Waals surface area contributed by atoms with Crippen molar-refractivity contribution in [2.24, 2.45) is 11.3 Å². The number of nitrogens with one attached hydrogen (secondary N) is 2. The van der Waals surface area contributed by atoms with Crippen LogP contribution in [-0.2, 0) is 4.74 Å². The molecule has 0 saturated carbocycles. The highest BCUT2D eigenvalue weighted by Gasteiger charge is 2.19. The van der Waals surface area contributed by atoms with E-state index in [2.05, 4.69) is 34.6 Å². The van der Waals surface area contributed by atoms with Crippen molar-refractivity contribution < 1.29 is 9.47 Å². The van der Waals surface area contributed by atoms with Gasteiger partial charge in [-0.3, -0.25) is 0 Å². The summed E-state index contributed by atoms with van der Waals surface area (Å²) in [4.78, 5) is 8.16. The van der Waals surface area contributed by atoms with Gasteiger partial charge in [0, 0.05) is 20.3 Å². The summed E-state index contributed by atoms with van der Waals surface area (Å²) >= 11 is 0. The minimum Gasteiger partial charge on any atom is -0.490 e. The largest absolute Gasteiger partial charge is 0.490 e. The van der Waals surface area contributed by atoms with Crippen molar-refractivity contribution >= 4 is 11.6 Å². The Kier molecular flexibility index (Phi) is 5.78. The molecule has 1 aromatic rings. The van der Waals surface area contributed by atoms with Crippen LogP contribution < -0.4 is 21.3 Å². The highest BCUT2D eigenvalue weighted by Crippen LogP contribution is 2.29. The molecule has 1 heterocycles. The van der Waals surface area contributed by atoms with Crippen molar-refractivity contribution in [3.05, 3.63) is 6.33 Å². The average molecular weight is 269 g/mol. The van der Waals surface area contributed by atoms with Crippen molar-refractivity contribution in [3.8, 4) is 5.75 Å². The topological polar surface area (TPSA) is 94.3 Å². The molecule has 0 fully saturated rings. The summed E-state index contributed by atoms with van der Waals surface area (Å²) in [6.07, 6.45) is 2.38. The van der Waals surface area contributed by atoms with Crippen LogP contribution >= 0.6 is 0 Å². The molecule has 0 radical (unpaired) electrons. The molecule has 1 rings (SSSR count). The first-order valence-electron chi connectivity index (χ1n) is 6.12. The Balaban J connectivity index is 2.72. The smallest absolute Gasteiger partial charge is 0.205 e. The Morgan fingerprint density at radius 3 is 2.53 bits per heavy atom. The monoisotopic (exact) mass is 269 g/mol. The van der Waals surface area contributed by atoms with Gasteiger partial charge in [-0.05, 0) is 11.8 Å². The predicted molar refractivity (Wildman–Crippen MR) is 75.2 cm³/mol. The summed E-state index contributed by atoms with van der Waals surface area (Å²) in [6.45, 7) is 5.79. The molecular weight excluding hydrogens is 246 g/mol. The van der Waals surface area contributed by atoms with E-state index in [9.17, 15) is 0 Å². The summed E-state index contributed by atoms with van der Waals surface area (Å²) in [5, 5.41) is 3.26. The molecule has 0 aliphatic rings. The van der Waals surface area contributed by atoms with E-state index >= 15 is 0 Å². The van der Waals surface area contributed by atoms with Gasteiger partial charge in [-0.1, -0.05) is 13.8 Å². The fourth-order valence-electron chi connectivity index (χ4n) is 1.59. The number of aromatic nitrogens is 2. The molecule has 1 aromatic heterocycles. The molecule has 19 heavy (non-hydrogen) atoms. The molecule has 0 aromatic carbocycles. The maximum absolute atomic E-state index is 5.38. The molecule has 0 unspecified atom stereocenters. The SMILES string of the molecule is COCCC(C)(C)CNc1ncnc(NN)c1OC. The van der Waals surface area contributed by atoms with Gasteiger partial charge < -0.3 is 20.2 Å². The van der Waals surface area contributed by atoms with Crippen molar-refractivity contribution in [2.45, 2.75) is 20.3 Å². The molecule has 0 aliphatic carbocycles. The van der Waals surface area contributed by atoms with Crippen LogP contribution in [0, 0.1) is 5.41 Å². The normalized spacial score (nSPS) is 11.2. The van der Waals surface area contributed by atoms with E-state index in [4.69, 9.17) is 15.3 Å². The number of anilines is 2. The summed E-state index contributed by atoms with van der Waals surface area (Å²) in [5.74, 6) is 6.96. The zero-order valence-corrected chi connectivity index (χ0v) is 12.0. The van der Waals surface area contributed by atoms with Crippen LogP contribution in [0.5, 0.6) is 5.75 Å². The van der Waals surface area contributed by atoms with Crippen LogP contribution in [0.2, 0.25) is 0 Å². The lowest BCUT2D eigenvalue weighted by atomic mass is 9.90. The van der Waals surface area contributed by atoms with Crippen LogP contribution in [0.4, 0.5) is 11.6 Å². The quantitative estimate of drug-likeness (QED) is 0.483. The molecule has 0 bridgehead atoms. The average Bonchev–Trinajstić information content (AvgIpc) is 2.42. The Bertz CT molecular complexity index is 398. The second-order valence-corrected chi connectivity index (χ2v) is 5.01. The van der Waals surface area contributed by atoms with E-state index in [-0.39, 0.29) is 5.41 Å². The van der Waals surface area contributed by atoms with E-state index in [0.29, 0.717) is 17.4 Å². The standard InChI is InChI=1S/C12H23N5O2/c1-12(2,5-6-18-3)7-14-10-9(19-4)11(17-13)16-8-15-10/h8H,5-7,13H2,1-4H3,(H2,14,15,16,17). The molecule has 0 aliphatic heterocycles. The van der Waals surface area contributed by atoms with Gasteiger partial charge in [0.05, 0.1) is 7.11 Å². The van der Waals surface area contributed by atoms with E-state index in [1.54, 1.807) is 14.2 Å². The van der Waals surface area contributed by atoms with Crippen LogP contribution in [-0.4, -0.2) is 37.3 Å². The lowest BCUT2D eigenvalue weighted by Crippen LogP contribution is -2.25. The Morgan fingerprint density at radius 2 is 1.95 bits per heavy atom. The minimum atomic E-state index is 0.0856. The molecule has 108 valence electrons. The Hall–Kier alpha value is -1.60. The van der Waals surface area contributed by atoms with Crippen LogP contribution in [0.3, 0.4) is 0 Å². The van der Waals surface area contributed by atoms with Crippen molar-refractivity contribution in [3.63, 3.8) is 0 Å². The van der Waals surface area contributed by atoms with E-state index < -0.39 is 0 Å². The van der Waals surface area contributed by atoms with Crippen LogP contribution in [0.25, 0.3) is 0 Å². The molecule has 0 saturated heterocycles. The maximum atomic E-state index is 5.38. The molecule has 0 atom stereocenters. The highest BCUT2D eigenvalue weighted by atomic mass is 16.5. The zero-order chi connectivity index (χ0) is 14.3. The van der Waals surface area contributed by atoms with Crippen LogP contribution in [0.15, 0.2) is 6.33 Å². The second kappa shape index (κ2) is 7.10. The second-order valence-electron chi connectivity index (χ2n) is 5.01. The molecule has 4 N–H and O–H groups in total. The predicted octanol–water partition coefficient (Wildman–Crippen LogP) is 1.25. The first-order chi connectivity index (χ1) is 9.04. The molecule has 0 amide bonds. The fraction of sp³-hybridized carbons (Fsp3) is 0.667. The van der Waals surface area contributed by atoms with E-state index in [1.165, 1.54) is 6.33 Å². The van der Waals surface area contributed by atoms with Gasteiger partial charge in [-0.25, -0.2) is 15.8 Å². The number of hydrazine groups is 1. The number of rotatable bonds is 8. The lowest BCUT2D eigenvalue weighted by molar-refractivity contribution is 0.157. The van der Waals surface area contributed by atoms with Gasteiger partial charge in [0.1, 0.15) is 6.33 Å². The number of hydrogen-bond acceptors (Lipinski definition) is 7. The maximum Gasteiger partial charge on any atom is 0.205 e. The molecule has 0 spiro atoms. The van der Waals surface area contributed by atoms with Gasteiger partial charge >= 0.3 is 0 Å². The Morgan fingerprint density at radius 1 is 1.26 bits per heavy atom. The molecule has 7 nitrogen and oxygen atoms in total. The van der Waals surface area contributed by atoms with E-state index in [0.717, 1.165) is 19.6 Å². The van der Waals surface area contributed by atoms with Gasteiger partial charge in [-0.2, -0.15) is 0 Å². The first kappa shape index (κ1) is 15.5. The number of ether oxygens (including phenoxy) is 2. The molecular formula is C12H23N5O2. The summed E-state index contributed by atoms with van der Waals surface area (Å²) < 4.78 is 10.4. The Labute approximate surface area is 113 Å². The van der Waals surface area contributed by atoms with Crippen molar-refractivity contribution in [2.75, 3.05) is 38.1 Å². The number of nitrogen functional groups attached to an aromatic ring is 1. The van der Waals surface area contributed by atoms with Crippen LogP contribution in [0.1, 0.15) is 20.3 Å². The van der Waals surface area contributed by atoms with Crippen molar-refractivity contribution in [1.29, 1.82) is 0 Å². The third kappa shape index (κ3) is 4.53. The first-order valence-corrected chi connectivity index (χ1v) is 6.12. The summed E-state index contributed by atoms with van der Waals surface area (Å²) in [6, 6.07) is 0. The van der Waals surface area contributed by atoms with E-state index in [1.807, 2.05) is 0 Å². The third-order valence-corrected chi connectivity index (χ3v) is 2.86.